The molecular formula is C21H31N3O6. The Hall–Kier alpha value is -3.10. The zero-order valence-corrected chi connectivity index (χ0v) is 17.8. The van der Waals surface area contributed by atoms with E-state index >= 15 is 0 Å². The molecule has 9 heteroatoms. The summed E-state index contributed by atoms with van der Waals surface area (Å²) >= 11 is 0. The van der Waals surface area contributed by atoms with Crippen molar-refractivity contribution >= 4 is 24.0 Å². The number of amides is 4. The van der Waals surface area contributed by atoms with Crippen LogP contribution in [0, 0.1) is 0 Å². The van der Waals surface area contributed by atoms with E-state index in [1.54, 1.807) is 20.8 Å². The minimum Gasteiger partial charge on any atom is -0.445 e. The second kappa shape index (κ2) is 13.2. The number of ether oxygens (including phenoxy) is 2. The molecule has 9 nitrogen and oxygen atoms in total. The van der Waals surface area contributed by atoms with Crippen LogP contribution >= 0.6 is 0 Å². The summed E-state index contributed by atoms with van der Waals surface area (Å²) in [5.74, 6) is -1.03. The Morgan fingerprint density at radius 1 is 0.867 bits per heavy atom. The van der Waals surface area contributed by atoms with Crippen molar-refractivity contribution in [2.24, 2.45) is 0 Å². The Morgan fingerprint density at radius 3 is 2.23 bits per heavy atom. The van der Waals surface area contributed by atoms with Crippen LogP contribution in [0.3, 0.4) is 0 Å². The molecule has 30 heavy (non-hydrogen) atoms. The van der Waals surface area contributed by atoms with Gasteiger partial charge in [0.15, 0.2) is 0 Å². The van der Waals surface area contributed by atoms with Gasteiger partial charge in [-0.2, -0.15) is 0 Å². The Morgan fingerprint density at radius 2 is 1.57 bits per heavy atom. The Kier molecular flexibility index (Phi) is 11.0. The van der Waals surface area contributed by atoms with Gasteiger partial charge >= 0.3 is 12.2 Å². The molecule has 0 unspecified atom stereocenters. The van der Waals surface area contributed by atoms with Crippen LogP contribution in [-0.4, -0.2) is 42.7 Å². The number of nitrogens with one attached hydrogen (secondary N) is 3. The summed E-state index contributed by atoms with van der Waals surface area (Å²) < 4.78 is 10.1. The highest BCUT2D eigenvalue weighted by atomic mass is 16.6. The first-order chi connectivity index (χ1) is 14.2. The first-order valence-electron chi connectivity index (χ1n) is 9.90. The van der Waals surface area contributed by atoms with Gasteiger partial charge in [-0.15, -0.1) is 0 Å². The SMILES string of the molecule is CC(C)(C)OC(=O)NCCCCCC(=O)NC(=O)CNC(=O)OCc1ccccc1. The van der Waals surface area contributed by atoms with Gasteiger partial charge in [-0.25, -0.2) is 9.59 Å². The van der Waals surface area contributed by atoms with E-state index < -0.39 is 29.6 Å². The zero-order valence-electron chi connectivity index (χ0n) is 17.8. The van der Waals surface area contributed by atoms with Crippen molar-refractivity contribution in [2.75, 3.05) is 13.1 Å². The maximum Gasteiger partial charge on any atom is 0.407 e. The minimum absolute atomic E-state index is 0.0933. The highest BCUT2D eigenvalue weighted by Crippen LogP contribution is 2.06. The molecule has 0 saturated heterocycles. The van der Waals surface area contributed by atoms with Gasteiger partial charge in [0.1, 0.15) is 18.8 Å². The molecule has 0 atom stereocenters. The third kappa shape index (κ3) is 13.1. The van der Waals surface area contributed by atoms with Gasteiger partial charge < -0.3 is 20.1 Å². The Labute approximate surface area is 176 Å². The predicted octanol–water partition coefficient (Wildman–Crippen LogP) is 2.64. The van der Waals surface area contributed by atoms with E-state index in [2.05, 4.69) is 16.0 Å². The molecule has 3 N–H and O–H groups in total. The number of hydrogen-bond acceptors (Lipinski definition) is 6. The van der Waals surface area contributed by atoms with Crippen molar-refractivity contribution in [3.05, 3.63) is 35.9 Å². The molecule has 1 rings (SSSR count). The van der Waals surface area contributed by atoms with Gasteiger partial charge in [0, 0.05) is 13.0 Å². The van der Waals surface area contributed by atoms with Crippen molar-refractivity contribution in [1.29, 1.82) is 0 Å². The lowest BCUT2D eigenvalue weighted by Crippen LogP contribution is -2.39. The second-order valence-corrected chi connectivity index (χ2v) is 7.63. The van der Waals surface area contributed by atoms with Crippen molar-refractivity contribution in [3.8, 4) is 0 Å². The van der Waals surface area contributed by atoms with Gasteiger partial charge in [-0.1, -0.05) is 36.8 Å². The van der Waals surface area contributed by atoms with Crippen LogP contribution in [0.2, 0.25) is 0 Å². The molecule has 0 bridgehead atoms. The number of imide groups is 1. The van der Waals surface area contributed by atoms with E-state index in [1.165, 1.54) is 0 Å². The normalized spacial score (nSPS) is 10.6. The van der Waals surface area contributed by atoms with E-state index in [0.29, 0.717) is 25.8 Å². The topological polar surface area (TPSA) is 123 Å². The van der Waals surface area contributed by atoms with Crippen molar-refractivity contribution in [3.63, 3.8) is 0 Å². The molecule has 0 aliphatic rings. The average Bonchev–Trinajstić information content (AvgIpc) is 2.67. The summed E-state index contributed by atoms with van der Waals surface area (Å²) in [6, 6.07) is 9.13. The van der Waals surface area contributed by atoms with Crippen molar-refractivity contribution < 1.29 is 28.7 Å². The number of rotatable bonds is 10. The van der Waals surface area contributed by atoms with Gasteiger partial charge in [-0.05, 0) is 39.2 Å². The van der Waals surface area contributed by atoms with Crippen LogP contribution in [0.4, 0.5) is 9.59 Å². The highest BCUT2D eigenvalue weighted by molar-refractivity contribution is 5.96. The van der Waals surface area contributed by atoms with Crippen LogP contribution in [0.15, 0.2) is 30.3 Å². The molecule has 0 fully saturated rings. The number of alkyl carbamates (subject to hydrolysis) is 2. The van der Waals surface area contributed by atoms with Gasteiger partial charge in [-0.3, -0.25) is 14.9 Å². The molecule has 0 aromatic heterocycles. The average molecular weight is 421 g/mol. The molecule has 4 amide bonds. The van der Waals surface area contributed by atoms with Crippen LogP contribution in [0.5, 0.6) is 0 Å². The third-order valence-corrected chi connectivity index (χ3v) is 3.63. The fourth-order valence-electron chi connectivity index (χ4n) is 2.28. The van der Waals surface area contributed by atoms with Gasteiger partial charge in [0.25, 0.3) is 0 Å². The van der Waals surface area contributed by atoms with Crippen LogP contribution in [-0.2, 0) is 25.7 Å². The number of unbranched alkanes of at least 4 members (excludes halogenated alkanes) is 2. The number of carbonyl (C=O) groups excluding carboxylic acids is 4. The molecule has 1 aromatic rings. The van der Waals surface area contributed by atoms with Crippen LogP contribution in [0.1, 0.15) is 52.0 Å². The number of hydrogen-bond donors (Lipinski definition) is 3. The highest BCUT2D eigenvalue weighted by Gasteiger charge is 2.15. The Balaban J connectivity index is 2.05. The predicted molar refractivity (Wildman–Crippen MR) is 110 cm³/mol. The summed E-state index contributed by atoms with van der Waals surface area (Å²) in [6.45, 7) is 5.56. The quantitative estimate of drug-likeness (QED) is 0.499. The number of benzene rings is 1. The van der Waals surface area contributed by atoms with Crippen LogP contribution < -0.4 is 16.0 Å². The molecule has 166 valence electrons. The zero-order chi connectivity index (χ0) is 22.4. The van der Waals surface area contributed by atoms with E-state index in [-0.39, 0.29) is 19.6 Å². The maximum absolute atomic E-state index is 11.7. The van der Waals surface area contributed by atoms with E-state index in [4.69, 9.17) is 9.47 Å². The van der Waals surface area contributed by atoms with E-state index in [0.717, 1.165) is 5.56 Å². The molecule has 0 spiro atoms. The standard InChI is InChI=1S/C21H31N3O6/c1-21(2,3)30-20(28)22-13-9-5-8-12-17(25)24-18(26)14-23-19(27)29-15-16-10-6-4-7-11-16/h4,6-7,10-11H,5,8-9,12-15H2,1-3H3,(H,22,28)(H,23,27)(H,24,25,26). The maximum atomic E-state index is 11.7. The lowest BCUT2D eigenvalue weighted by atomic mass is 10.2. The molecule has 0 aliphatic heterocycles. The molecule has 0 heterocycles. The van der Waals surface area contributed by atoms with E-state index in [9.17, 15) is 19.2 Å². The molecule has 1 aromatic carbocycles. The van der Waals surface area contributed by atoms with Crippen LogP contribution in [0.25, 0.3) is 0 Å². The Bertz CT molecular complexity index is 700. The lowest BCUT2D eigenvalue weighted by molar-refractivity contribution is -0.130. The molecule has 0 aliphatic carbocycles. The summed E-state index contributed by atoms with van der Waals surface area (Å²) in [6.07, 6.45) is 0.939. The van der Waals surface area contributed by atoms with E-state index in [1.807, 2.05) is 30.3 Å². The molecule has 0 radical (unpaired) electrons. The van der Waals surface area contributed by atoms with Gasteiger partial charge in [0.2, 0.25) is 11.8 Å². The molecular weight excluding hydrogens is 390 g/mol. The number of carbonyl (C=O) groups is 4. The fourth-order valence-corrected chi connectivity index (χ4v) is 2.28. The summed E-state index contributed by atoms with van der Waals surface area (Å²) in [5.41, 5.74) is 0.288. The largest absolute Gasteiger partial charge is 0.445 e. The smallest absolute Gasteiger partial charge is 0.407 e. The van der Waals surface area contributed by atoms with Gasteiger partial charge in [0.05, 0.1) is 0 Å². The minimum atomic E-state index is -0.737. The lowest BCUT2D eigenvalue weighted by Gasteiger charge is -2.19. The van der Waals surface area contributed by atoms with Crippen molar-refractivity contribution in [2.45, 2.75) is 58.7 Å². The summed E-state index contributed by atoms with van der Waals surface area (Å²) in [5, 5.41) is 7.14. The second-order valence-electron chi connectivity index (χ2n) is 7.63. The van der Waals surface area contributed by atoms with Crippen molar-refractivity contribution in [1.82, 2.24) is 16.0 Å². The monoisotopic (exact) mass is 421 g/mol. The fraction of sp³-hybridized carbons (Fsp3) is 0.524. The first-order valence-corrected chi connectivity index (χ1v) is 9.90. The molecule has 0 saturated carbocycles. The summed E-state index contributed by atoms with van der Waals surface area (Å²) in [7, 11) is 0. The first kappa shape index (κ1) is 24.9. The summed E-state index contributed by atoms with van der Waals surface area (Å²) in [4.78, 5) is 46.5. The third-order valence-electron chi connectivity index (χ3n) is 3.63.